The number of piperidine rings is 1. The summed E-state index contributed by atoms with van der Waals surface area (Å²) in [5, 5.41) is 0.948. The fraction of sp³-hybridized carbons (Fsp3) is 0.406. The van der Waals surface area contributed by atoms with Crippen molar-refractivity contribution in [3.05, 3.63) is 88.2 Å². The van der Waals surface area contributed by atoms with Crippen LogP contribution in [0.3, 0.4) is 0 Å². The number of aromatic nitrogens is 1. The molecule has 2 fully saturated rings. The zero-order chi connectivity index (χ0) is 28.4. The molecule has 2 amide bonds. The smallest absolute Gasteiger partial charge is 0.410 e. The molecule has 8 heteroatoms. The topological polar surface area (TPSA) is 62.7 Å². The summed E-state index contributed by atoms with van der Waals surface area (Å²) in [7, 11) is 0. The van der Waals surface area contributed by atoms with Gasteiger partial charge in [-0.15, -0.1) is 0 Å². The molecule has 2 aromatic carbocycles. The Bertz CT molecular complexity index is 1370. The van der Waals surface area contributed by atoms with Crippen molar-refractivity contribution < 1.29 is 14.3 Å². The number of nitrogens with zero attached hydrogens (tertiary/aromatic N) is 3. The van der Waals surface area contributed by atoms with Gasteiger partial charge in [0.15, 0.2) is 0 Å². The van der Waals surface area contributed by atoms with Crippen molar-refractivity contribution in [1.29, 1.82) is 0 Å². The Morgan fingerprint density at radius 3 is 2.48 bits per heavy atom. The van der Waals surface area contributed by atoms with Gasteiger partial charge in [0, 0.05) is 38.1 Å². The van der Waals surface area contributed by atoms with E-state index in [9.17, 15) is 9.59 Å². The molecule has 2 atom stereocenters. The molecule has 1 aliphatic heterocycles. The third kappa shape index (κ3) is 6.61. The van der Waals surface area contributed by atoms with Crippen LogP contribution in [0.1, 0.15) is 57.1 Å². The third-order valence-electron chi connectivity index (χ3n) is 7.53. The highest BCUT2D eigenvalue weighted by Gasteiger charge is 2.43. The van der Waals surface area contributed by atoms with Crippen LogP contribution in [-0.4, -0.2) is 51.5 Å². The second-order valence-corrected chi connectivity index (χ2v) is 12.5. The van der Waals surface area contributed by atoms with Gasteiger partial charge in [-0.1, -0.05) is 65.7 Å². The standard InChI is InChI=1S/C32H35Cl2N3O3/c1-32(2,3)40-31(39)36-16-14-26(22-8-4-7-21(17-22)23-10-6-15-35-18-23)27(20-36)30(38)37(25-12-13-25)19-24-9-5-11-28(33)29(24)34/h4-11,15,17-18,25-27H,12-14,16,19-20H2,1-3H3/t26-,27+/m1/s1. The van der Waals surface area contributed by atoms with Gasteiger partial charge >= 0.3 is 6.09 Å². The van der Waals surface area contributed by atoms with Crippen LogP contribution < -0.4 is 0 Å². The predicted molar refractivity (Wildman–Crippen MR) is 158 cm³/mol. The van der Waals surface area contributed by atoms with Gasteiger partial charge in [0.25, 0.3) is 0 Å². The molecule has 1 aliphatic carbocycles. The lowest BCUT2D eigenvalue weighted by Crippen LogP contribution is -2.51. The van der Waals surface area contributed by atoms with Crippen molar-refractivity contribution in [2.75, 3.05) is 13.1 Å². The first kappa shape index (κ1) is 28.4. The lowest BCUT2D eigenvalue weighted by molar-refractivity contribution is -0.139. The second kappa shape index (κ2) is 11.8. The van der Waals surface area contributed by atoms with E-state index >= 15 is 0 Å². The number of hydrogen-bond donors (Lipinski definition) is 0. The minimum absolute atomic E-state index is 0.0311. The lowest BCUT2D eigenvalue weighted by atomic mass is 9.79. The van der Waals surface area contributed by atoms with Crippen LogP contribution in [-0.2, 0) is 16.1 Å². The summed E-state index contributed by atoms with van der Waals surface area (Å²) in [6, 6.07) is 18.0. The number of ether oxygens (including phenoxy) is 1. The van der Waals surface area contributed by atoms with Gasteiger partial charge in [-0.25, -0.2) is 4.79 Å². The van der Waals surface area contributed by atoms with Crippen LogP contribution in [0.4, 0.5) is 4.79 Å². The van der Waals surface area contributed by atoms with Crippen LogP contribution >= 0.6 is 23.2 Å². The Morgan fingerprint density at radius 1 is 1.02 bits per heavy atom. The number of carbonyl (C=O) groups is 2. The molecule has 0 spiro atoms. The highest BCUT2D eigenvalue weighted by atomic mass is 35.5. The van der Waals surface area contributed by atoms with Crippen LogP contribution in [0.15, 0.2) is 67.0 Å². The fourth-order valence-electron chi connectivity index (χ4n) is 5.42. The molecule has 210 valence electrons. The molecule has 0 unspecified atom stereocenters. The van der Waals surface area contributed by atoms with Crippen LogP contribution in [0.5, 0.6) is 0 Å². The van der Waals surface area contributed by atoms with Gasteiger partial charge in [0.1, 0.15) is 5.60 Å². The molecule has 2 heterocycles. The van der Waals surface area contributed by atoms with E-state index in [4.69, 9.17) is 27.9 Å². The number of benzene rings is 2. The Balaban J connectivity index is 1.47. The first-order valence-corrected chi connectivity index (χ1v) is 14.6. The number of rotatable bonds is 6. The molecule has 1 saturated carbocycles. The number of likely N-dealkylation sites (tertiary alicyclic amines) is 1. The Morgan fingerprint density at radius 2 is 1.77 bits per heavy atom. The zero-order valence-corrected chi connectivity index (χ0v) is 24.7. The normalized spacial score (nSPS) is 19.3. The zero-order valence-electron chi connectivity index (χ0n) is 23.1. The van der Waals surface area contributed by atoms with Gasteiger partial charge < -0.3 is 14.5 Å². The van der Waals surface area contributed by atoms with E-state index < -0.39 is 11.5 Å². The highest BCUT2D eigenvalue weighted by molar-refractivity contribution is 6.42. The molecule has 0 bridgehead atoms. The minimum atomic E-state index is -0.616. The Labute approximate surface area is 246 Å². The second-order valence-electron chi connectivity index (χ2n) is 11.7. The number of carbonyl (C=O) groups excluding carboxylic acids is 2. The summed E-state index contributed by atoms with van der Waals surface area (Å²) in [6.07, 6.45) is 5.77. The molecule has 5 rings (SSSR count). The summed E-state index contributed by atoms with van der Waals surface area (Å²) >= 11 is 12.8. The summed E-state index contributed by atoms with van der Waals surface area (Å²) < 4.78 is 5.69. The lowest BCUT2D eigenvalue weighted by Gasteiger charge is -2.40. The summed E-state index contributed by atoms with van der Waals surface area (Å²) in [5.41, 5.74) is 3.36. The maximum Gasteiger partial charge on any atom is 0.410 e. The molecule has 3 aromatic rings. The van der Waals surface area contributed by atoms with Gasteiger partial charge in [-0.3, -0.25) is 9.78 Å². The first-order chi connectivity index (χ1) is 19.1. The van der Waals surface area contributed by atoms with E-state index in [1.807, 2.05) is 62.2 Å². The summed E-state index contributed by atoms with van der Waals surface area (Å²) in [5.74, 6) is -0.452. The molecule has 40 heavy (non-hydrogen) atoms. The van der Waals surface area contributed by atoms with E-state index in [1.54, 1.807) is 17.2 Å². The average molecular weight is 581 g/mol. The van der Waals surface area contributed by atoms with Crippen molar-refractivity contribution >= 4 is 35.2 Å². The van der Waals surface area contributed by atoms with Crippen molar-refractivity contribution in [3.63, 3.8) is 0 Å². The van der Waals surface area contributed by atoms with Gasteiger partial charge in [-0.05, 0) is 80.3 Å². The van der Waals surface area contributed by atoms with Crippen molar-refractivity contribution in [1.82, 2.24) is 14.8 Å². The Kier molecular flexibility index (Phi) is 8.39. The number of pyridine rings is 1. The van der Waals surface area contributed by atoms with Gasteiger partial charge in [-0.2, -0.15) is 0 Å². The van der Waals surface area contributed by atoms with Gasteiger partial charge in [0.05, 0.1) is 16.0 Å². The largest absolute Gasteiger partial charge is 0.444 e. The fourth-order valence-corrected chi connectivity index (χ4v) is 5.80. The third-order valence-corrected chi connectivity index (χ3v) is 8.39. The Hall–Kier alpha value is -3.09. The SMILES string of the molecule is CC(C)(C)OC(=O)N1CC[C@H](c2cccc(-c3cccnc3)c2)[C@@H](C(=O)N(Cc2cccc(Cl)c2Cl)C2CC2)C1. The van der Waals surface area contributed by atoms with Crippen LogP contribution in [0.25, 0.3) is 11.1 Å². The highest BCUT2D eigenvalue weighted by Crippen LogP contribution is 2.40. The van der Waals surface area contributed by atoms with E-state index in [2.05, 4.69) is 23.2 Å². The molecule has 1 saturated heterocycles. The van der Waals surface area contributed by atoms with Gasteiger partial charge in [0.2, 0.25) is 5.91 Å². The number of amides is 2. The minimum Gasteiger partial charge on any atom is -0.444 e. The number of halogens is 2. The maximum absolute atomic E-state index is 14.4. The van der Waals surface area contributed by atoms with Crippen LogP contribution in [0, 0.1) is 5.92 Å². The molecule has 0 N–H and O–H groups in total. The first-order valence-electron chi connectivity index (χ1n) is 13.8. The van der Waals surface area contributed by atoms with Crippen molar-refractivity contribution in [3.8, 4) is 11.1 Å². The van der Waals surface area contributed by atoms with Crippen molar-refractivity contribution in [2.24, 2.45) is 5.92 Å². The van der Waals surface area contributed by atoms with Crippen molar-refractivity contribution in [2.45, 2.75) is 64.1 Å². The number of hydrogen-bond acceptors (Lipinski definition) is 4. The summed E-state index contributed by atoms with van der Waals surface area (Å²) in [6.45, 7) is 6.76. The predicted octanol–water partition coefficient (Wildman–Crippen LogP) is 7.59. The molecule has 2 aliphatic rings. The molecule has 6 nitrogen and oxygen atoms in total. The summed E-state index contributed by atoms with van der Waals surface area (Å²) in [4.78, 5) is 35.4. The molecule has 0 radical (unpaired) electrons. The maximum atomic E-state index is 14.4. The average Bonchev–Trinajstić information content (AvgIpc) is 3.78. The molecule has 1 aromatic heterocycles. The monoisotopic (exact) mass is 579 g/mol. The molecular weight excluding hydrogens is 545 g/mol. The molecular formula is C32H35Cl2N3O3. The van der Waals surface area contributed by atoms with E-state index in [0.29, 0.717) is 36.1 Å². The van der Waals surface area contributed by atoms with E-state index in [0.717, 1.165) is 35.1 Å². The van der Waals surface area contributed by atoms with E-state index in [-0.39, 0.29) is 24.0 Å². The quantitative estimate of drug-likeness (QED) is 0.302. The van der Waals surface area contributed by atoms with E-state index in [1.165, 1.54) is 0 Å². The van der Waals surface area contributed by atoms with Crippen LogP contribution in [0.2, 0.25) is 10.0 Å².